The van der Waals surface area contributed by atoms with Gasteiger partial charge >= 0.3 is 0 Å². The predicted molar refractivity (Wildman–Crippen MR) is 80.0 cm³/mol. The van der Waals surface area contributed by atoms with Crippen LogP contribution in [0.15, 0.2) is 48.5 Å². The van der Waals surface area contributed by atoms with Gasteiger partial charge in [-0.3, -0.25) is 9.59 Å². The molecule has 2 rings (SSSR count). The lowest BCUT2D eigenvalue weighted by Gasteiger charge is -2.10. The van der Waals surface area contributed by atoms with Crippen molar-refractivity contribution in [3.05, 3.63) is 65.2 Å². The van der Waals surface area contributed by atoms with E-state index < -0.39 is 0 Å². The molecule has 0 unspecified atom stereocenters. The molecule has 0 aliphatic carbocycles. The lowest BCUT2D eigenvalue weighted by Crippen LogP contribution is -2.16. The third-order valence-corrected chi connectivity index (χ3v) is 3.19. The van der Waals surface area contributed by atoms with Crippen molar-refractivity contribution in [1.82, 2.24) is 0 Å². The van der Waals surface area contributed by atoms with Gasteiger partial charge in [-0.2, -0.15) is 0 Å². The maximum Gasteiger partial charge on any atom is 0.228 e. The van der Waals surface area contributed by atoms with Gasteiger partial charge in [0.25, 0.3) is 0 Å². The minimum absolute atomic E-state index is 0.0585. The summed E-state index contributed by atoms with van der Waals surface area (Å²) in [4.78, 5) is 23.6. The number of carbonyl (C=O) groups excluding carboxylic acids is 2. The number of aryl methyl sites for hydroxylation is 1. The molecule has 1 N–H and O–H groups in total. The average Bonchev–Trinajstić information content (AvgIpc) is 2.41. The van der Waals surface area contributed by atoms with Crippen LogP contribution in [0, 0.1) is 6.92 Å². The van der Waals surface area contributed by atoms with E-state index in [1.165, 1.54) is 6.92 Å². The van der Waals surface area contributed by atoms with Crippen molar-refractivity contribution in [1.29, 1.82) is 0 Å². The van der Waals surface area contributed by atoms with Crippen molar-refractivity contribution in [3.8, 4) is 0 Å². The second kappa shape index (κ2) is 6.15. The summed E-state index contributed by atoms with van der Waals surface area (Å²) in [6, 6.07) is 14.8. The third-order valence-electron chi connectivity index (χ3n) is 3.19. The van der Waals surface area contributed by atoms with Crippen LogP contribution in [0.2, 0.25) is 0 Å². The number of para-hydroxylation sites is 1. The average molecular weight is 267 g/mol. The second-order valence-corrected chi connectivity index (χ2v) is 4.75. The van der Waals surface area contributed by atoms with Gasteiger partial charge in [0.15, 0.2) is 5.78 Å². The predicted octanol–water partition coefficient (Wildman–Crippen LogP) is 3.38. The van der Waals surface area contributed by atoms with Gasteiger partial charge in [-0.05, 0) is 37.1 Å². The fraction of sp³-hybridized carbons (Fsp3) is 0.176. The molecule has 0 spiro atoms. The largest absolute Gasteiger partial charge is 0.325 e. The molecule has 0 aliphatic rings. The Morgan fingerprint density at radius 2 is 1.65 bits per heavy atom. The summed E-state index contributed by atoms with van der Waals surface area (Å²) in [5.41, 5.74) is 3.18. The number of rotatable bonds is 4. The molecule has 0 bridgehead atoms. The molecule has 0 aliphatic heterocycles. The minimum Gasteiger partial charge on any atom is -0.325 e. The van der Waals surface area contributed by atoms with Crippen molar-refractivity contribution < 1.29 is 9.59 Å². The second-order valence-electron chi connectivity index (χ2n) is 4.75. The first-order chi connectivity index (χ1) is 9.58. The molecule has 0 saturated heterocycles. The molecule has 0 radical (unpaired) electrons. The summed E-state index contributed by atoms with van der Waals surface area (Å²) in [7, 11) is 0. The van der Waals surface area contributed by atoms with E-state index in [0.29, 0.717) is 17.7 Å². The van der Waals surface area contributed by atoms with Crippen LogP contribution in [0.1, 0.15) is 28.4 Å². The fourth-order valence-electron chi connectivity index (χ4n) is 2.07. The molecule has 3 nitrogen and oxygen atoms in total. The minimum atomic E-state index is -0.118. The van der Waals surface area contributed by atoms with Crippen LogP contribution in [0.5, 0.6) is 0 Å². The first-order valence-electron chi connectivity index (χ1n) is 6.52. The zero-order valence-corrected chi connectivity index (χ0v) is 11.6. The molecular weight excluding hydrogens is 250 g/mol. The molecular formula is C17H17NO2. The molecule has 0 aromatic heterocycles. The number of hydrogen-bond acceptors (Lipinski definition) is 2. The Morgan fingerprint density at radius 3 is 2.35 bits per heavy atom. The van der Waals surface area contributed by atoms with Crippen molar-refractivity contribution in [2.75, 3.05) is 5.32 Å². The lowest BCUT2D eigenvalue weighted by molar-refractivity contribution is -0.115. The maximum absolute atomic E-state index is 12.1. The van der Waals surface area contributed by atoms with E-state index in [2.05, 4.69) is 5.32 Å². The number of hydrogen-bond donors (Lipinski definition) is 1. The van der Waals surface area contributed by atoms with Crippen LogP contribution in [0.25, 0.3) is 0 Å². The van der Waals surface area contributed by atoms with Crippen molar-refractivity contribution in [2.45, 2.75) is 20.3 Å². The van der Waals surface area contributed by atoms with Crippen LogP contribution in [-0.4, -0.2) is 11.7 Å². The first-order valence-corrected chi connectivity index (χ1v) is 6.52. The van der Waals surface area contributed by atoms with E-state index in [9.17, 15) is 9.59 Å². The number of Topliss-reactive ketones (excluding diaryl/α,β-unsaturated/α-hetero) is 1. The molecule has 0 heterocycles. The third kappa shape index (κ3) is 3.32. The highest BCUT2D eigenvalue weighted by atomic mass is 16.1. The summed E-state index contributed by atoms with van der Waals surface area (Å²) in [6.45, 7) is 3.47. The van der Waals surface area contributed by atoms with Gasteiger partial charge in [-0.25, -0.2) is 0 Å². The number of amides is 1. The van der Waals surface area contributed by atoms with E-state index in [0.717, 1.165) is 11.1 Å². The monoisotopic (exact) mass is 267 g/mol. The molecule has 2 aromatic rings. The van der Waals surface area contributed by atoms with Crippen molar-refractivity contribution >= 4 is 17.4 Å². The zero-order chi connectivity index (χ0) is 14.5. The number of carbonyl (C=O) groups is 2. The Balaban J connectivity index is 2.13. The van der Waals surface area contributed by atoms with E-state index >= 15 is 0 Å². The molecule has 102 valence electrons. The molecule has 0 fully saturated rings. The van der Waals surface area contributed by atoms with Gasteiger partial charge in [-0.1, -0.05) is 36.4 Å². The van der Waals surface area contributed by atoms with Crippen LogP contribution >= 0.6 is 0 Å². The van der Waals surface area contributed by atoms with E-state index in [4.69, 9.17) is 0 Å². The first kappa shape index (κ1) is 14.0. The molecule has 0 saturated carbocycles. The highest BCUT2D eigenvalue weighted by molar-refractivity contribution is 6.04. The summed E-state index contributed by atoms with van der Waals surface area (Å²) in [6.07, 6.45) is 0.304. The number of ketones is 1. The maximum atomic E-state index is 12.1. The van der Waals surface area contributed by atoms with Crippen LogP contribution in [0.3, 0.4) is 0 Å². The topological polar surface area (TPSA) is 46.2 Å². The van der Waals surface area contributed by atoms with Gasteiger partial charge in [0.1, 0.15) is 0 Å². The van der Waals surface area contributed by atoms with Crippen LogP contribution in [-0.2, 0) is 11.2 Å². The van der Waals surface area contributed by atoms with Gasteiger partial charge in [0.2, 0.25) is 5.91 Å². The normalized spacial score (nSPS) is 10.1. The van der Waals surface area contributed by atoms with E-state index in [-0.39, 0.29) is 11.7 Å². The highest BCUT2D eigenvalue weighted by Crippen LogP contribution is 2.16. The summed E-state index contributed by atoms with van der Waals surface area (Å²) >= 11 is 0. The van der Waals surface area contributed by atoms with Crippen LogP contribution < -0.4 is 5.32 Å². The van der Waals surface area contributed by atoms with E-state index in [1.54, 1.807) is 24.3 Å². The van der Waals surface area contributed by atoms with Gasteiger partial charge in [0, 0.05) is 5.56 Å². The SMILES string of the molecule is CC(=O)c1ccccc1NC(=O)Cc1ccccc1C. The summed E-state index contributed by atoms with van der Waals surface area (Å²) < 4.78 is 0. The van der Waals surface area contributed by atoms with Gasteiger partial charge in [-0.15, -0.1) is 0 Å². The Labute approximate surface area is 118 Å². The Morgan fingerprint density at radius 1 is 1.00 bits per heavy atom. The Kier molecular flexibility index (Phi) is 4.31. The molecule has 2 aromatic carbocycles. The summed E-state index contributed by atoms with van der Waals surface area (Å²) in [5, 5.41) is 2.81. The molecule has 1 amide bonds. The summed E-state index contributed by atoms with van der Waals surface area (Å²) in [5.74, 6) is -0.176. The number of benzene rings is 2. The zero-order valence-electron chi connectivity index (χ0n) is 11.6. The van der Waals surface area contributed by atoms with Crippen molar-refractivity contribution in [2.24, 2.45) is 0 Å². The Bertz CT molecular complexity index is 647. The standard InChI is InChI=1S/C17H17NO2/c1-12-7-3-4-8-14(12)11-17(20)18-16-10-6-5-9-15(16)13(2)19/h3-10H,11H2,1-2H3,(H,18,20). The molecule has 3 heteroatoms. The smallest absolute Gasteiger partial charge is 0.228 e. The Hall–Kier alpha value is -2.42. The molecule has 0 atom stereocenters. The van der Waals surface area contributed by atoms with Crippen molar-refractivity contribution in [3.63, 3.8) is 0 Å². The highest BCUT2D eigenvalue weighted by Gasteiger charge is 2.10. The fourth-order valence-corrected chi connectivity index (χ4v) is 2.07. The lowest BCUT2D eigenvalue weighted by atomic mass is 10.1. The number of anilines is 1. The van der Waals surface area contributed by atoms with Crippen LogP contribution in [0.4, 0.5) is 5.69 Å². The van der Waals surface area contributed by atoms with Gasteiger partial charge < -0.3 is 5.32 Å². The van der Waals surface area contributed by atoms with E-state index in [1.807, 2.05) is 31.2 Å². The number of nitrogens with one attached hydrogen (secondary N) is 1. The molecule has 20 heavy (non-hydrogen) atoms. The quantitative estimate of drug-likeness (QED) is 0.863. The van der Waals surface area contributed by atoms with Gasteiger partial charge in [0.05, 0.1) is 12.1 Å².